The summed E-state index contributed by atoms with van der Waals surface area (Å²) in [7, 11) is 0. The van der Waals surface area contributed by atoms with Crippen molar-refractivity contribution in [1.82, 2.24) is 15.5 Å². The highest BCUT2D eigenvalue weighted by atomic mass is 16.4. The third-order valence-corrected chi connectivity index (χ3v) is 4.93. The number of urea groups is 1. The number of carboxylic acid groups (broad SMARTS) is 1. The number of nitrogens with one attached hydrogen (secondary N) is 2. The van der Waals surface area contributed by atoms with Gasteiger partial charge in [0.1, 0.15) is 0 Å². The maximum absolute atomic E-state index is 12.6. The van der Waals surface area contributed by atoms with E-state index in [1.165, 1.54) is 0 Å². The molecule has 1 aliphatic heterocycles. The van der Waals surface area contributed by atoms with E-state index in [9.17, 15) is 14.4 Å². The Balaban J connectivity index is 1.88. The van der Waals surface area contributed by atoms with Crippen LogP contribution in [0.15, 0.2) is 0 Å². The SMILES string of the molecule is CC(C)CNC(=O)N1CCCC(C(=O)NC2(CC(=O)O)CCC2)C1. The second-order valence-electron chi connectivity index (χ2n) is 7.56. The van der Waals surface area contributed by atoms with Gasteiger partial charge in [-0.25, -0.2) is 4.79 Å². The van der Waals surface area contributed by atoms with Crippen LogP contribution in [0.5, 0.6) is 0 Å². The van der Waals surface area contributed by atoms with E-state index in [2.05, 4.69) is 10.6 Å². The van der Waals surface area contributed by atoms with Crippen LogP contribution >= 0.6 is 0 Å². The maximum Gasteiger partial charge on any atom is 0.317 e. The Morgan fingerprint density at radius 1 is 1.25 bits per heavy atom. The van der Waals surface area contributed by atoms with Crippen molar-refractivity contribution in [2.75, 3.05) is 19.6 Å². The lowest BCUT2D eigenvalue weighted by molar-refractivity contribution is -0.141. The van der Waals surface area contributed by atoms with Crippen molar-refractivity contribution >= 4 is 17.9 Å². The van der Waals surface area contributed by atoms with E-state index < -0.39 is 11.5 Å². The van der Waals surface area contributed by atoms with Crippen molar-refractivity contribution in [3.05, 3.63) is 0 Å². The van der Waals surface area contributed by atoms with Crippen molar-refractivity contribution in [1.29, 1.82) is 0 Å². The summed E-state index contributed by atoms with van der Waals surface area (Å²) in [4.78, 5) is 37.5. The third-order valence-electron chi connectivity index (χ3n) is 4.93. The van der Waals surface area contributed by atoms with Crippen LogP contribution in [0.3, 0.4) is 0 Å². The lowest BCUT2D eigenvalue weighted by Crippen LogP contribution is -2.58. The molecule has 2 rings (SSSR count). The zero-order valence-electron chi connectivity index (χ0n) is 14.6. The average Bonchev–Trinajstić information content (AvgIpc) is 2.50. The first-order chi connectivity index (χ1) is 11.3. The predicted molar refractivity (Wildman–Crippen MR) is 89.5 cm³/mol. The van der Waals surface area contributed by atoms with E-state index >= 15 is 0 Å². The first-order valence-corrected chi connectivity index (χ1v) is 8.88. The van der Waals surface area contributed by atoms with E-state index in [-0.39, 0.29) is 24.3 Å². The van der Waals surface area contributed by atoms with Crippen LogP contribution in [-0.4, -0.2) is 53.1 Å². The summed E-state index contributed by atoms with van der Waals surface area (Å²) in [5, 5.41) is 14.9. The molecule has 0 bridgehead atoms. The molecule has 0 aromatic carbocycles. The minimum absolute atomic E-state index is 0.0238. The molecule has 1 saturated heterocycles. The number of rotatable bonds is 6. The van der Waals surface area contributed by atoms with Gasteiger partial charge in [-0.3, -0.25) is 9.59 Å². The molecule has 2 fully saturated rings. The number of piperidine rings is 1. The zero-order chi connectivity index (χ0) is 17.7. The number of carbonyl (C=O) groups is 3. The lowest BCUT2D eigenvalue weighted by atomic mass is 9.74. The standard InChI is InChI=1S/C17H29N3O4/c1-12(2)10-18-16(24)20-8-3-5-13(11-20)15(23)19-17(6-4-7-17)9-14(21)22/h12-13H,3-11H2,1-2H3,(H,18,24)(H,19,23)(H,21,22). The summed E-state index contributed by atoms with van der Waals surface area (Å²) >= 11 is 0. The van der Waals surface area contributed by atoms with Gasteiger partial charge in [-0.1, -0.05) is 13.8 Å². The van der Waals surface area contributed by atoms with E-state index in [1.54, 1.807) is 4.90 Å². The Morgan fingerprint density at radius 2 is 1.96 bits per heavy atom. The summed E-state index contributed by atoms with van der Waals surface area (Å²) < 4.78 is 0. The van der Waals surface area contributed by atoms with Crippen LogP contribution in [0.1, 0.15) is 52.4 Å². The topological polar surface area (TPSA) is 98.7 Å². The first kappa shape index (κ1) is 18.5. The number of hydrogen-bond acceptors (Lipinski definition) is 3. The number of hydrogen-bond donors (Lipinski definition) is 3. The monoisotopic (exact) mass is 339 g/mol. The molecule has 136 valence electrons. The molecular formula is C17H29N3O4. The Morgan fingerprint density at radius 3 is 2.50 bits per heavy atom. The van der Waals surface area contributed by atoms with Crippen LogP contribution in [0.2, 0.25) is 0 Å². The molecule has 0 spiro atoms. The molecule has 1 atom stereocenters. The van der Waals surface area contributed by atoms with Gasteiger partial charge >= 0.3 is 12.0 Å². The fraction of sp³-hybridized carbons (Fsp3) is 0.824. The van der Waals surface area contributed by atoms with Gasteiger partial charge in [0, 0.05) is 19.6 Å². The number of aliphatic carboxylic acids is 1. The minimum Gasteiger partial charge on any atom is -0.481 e. The summed E-state index contributed by atoms with van der Waals surface area (Å²) in [5.41, 5.74) is -0.578. The molecular weight excluding hydrogens is 310 g/mol. The van der Waals surface area contributed by atoms with Gasteiger partial charge in [0.15, 0.2) is 0 Å². The second kappa shape index (κ2) is 7.85. The van der Waals surface area contributed by atoms with Gasteiger partial charge in [-0.05, 0) is 38.0 Å². The molecule has 1 aliphatic carbocycles. The number of carbonyl (C=O) groups excluding carboxylic acids is 2. The highest BCUT2D eigenvalue weighted by Gasteiger charge is 2.42. The minimum atomic E-state index is -0.881. The van der Waals surface area contributed by atoms with Crippen molar-refractivity contribution in [2.45, 2.75) is 57.9 Å². The number of amides is 3. The fourth-order valence-corrected chi connectivity index (χ4v) is 3.38. The first-order valence-electron chi connectivity index (χ1n) is 8.88. The Labute approximate surface area is 143 Å². The highest BCUT2D eigenvalue weighted by molar-refractivity contribution is 5.82. The molecule has 3 amide bonds. The summed E-state index contributed by atoms with van der Waals surface area (Å²) in [6, 6.07) is -0.120. The predicted octanol–water partition coefficient (Wildman–Crippen LogP) is 1.58. The molecule has 1 unspecified atom stereocenters. The van der Waals surface area contributed by atoms with E-state index in [1.807, 2.05) is 13.8 Å². The molecule has 2 aliphatic rings. The third kappa shape index (κ3) is 4.85. The summed E-state index contributed by atoms with van der Waals surface area (Å²) in [6.45, 7) is 5.75. The highest BCUT2D eigenvalue weighted by Crippen LogP contribution is 2.35. The zero-order valence-corrected chi connectivity index (χ0v) is 14.6. The summed E-state index contributed by atoms with van der Waals surface area (Å²) in [5.74, 6) is -0.868. The van der Waals surface area contributed by atoms with Gasteiger partial charge in [0.25, 0.3) is 0 Å². The van der Waals surface area contributed by atoms with Gasteiger partial charge in [-0.2, -0.15) is 0 Å². The molecule has 7 heteroatoms. The van der Waals surface area contributed by atoms with Crippen LogP contribution in [0.25, 0.3) is 0 Å². The quantitative estimate of drug-likeness (QED) is 0.684. The van der Waals surface area contributed by atoms with Crippen molar-refractivity contribution in [2.24, 2.45) is 11.8 Å². The van der Waals surface area contributed by atoms with Crippen molar-refractivity contribution in [3.8, 4) is 0 Å². The molecule has 0 aromatic rings. The van der Waals surface area contributed by atoms with Gasteiger partial charge in [0.05, 0.1) is 17.9 Å². The molecule has 7 nitrogen and oxygen atoms in total. The van der Waals surface area contributed by atoms with Crippen molar-refractivity contribution in [3.63, 3.8) is 0 Å². The number of likely N-dealkylation sites (tertiary alicyclic amines) is 1. The fourth-order valence-electron chi connectivity index (χ4n) is 3.38. The van der Waals surface area contributed by atoms with Gasteiger partial charge in [0.2, 0.25) is 5.91 Å². The van der Waals surface area contributed by atoms with Gasteiger partial charge in [-0.15, -0.1) is 0 Å². The number of nitrogens with zero attached hydrogens (tertiary/aromatic N) is 1. The number of carboxylic acids is 1. The van der Waals surface area contributed by atoms with Crippen LogP contribution in [0, 0.1) is 11.8 Å². The molecule has 0 radical (unpaired) electrons. The molecule has 1 heterocycles. The smallest absolute Gasteiger partial charge is 0.317 e. The largest absolute Gasteiger partial charge is 0.481 e. The van der Waals surface area contributed by atoms with Crippen LogP contribution < -0.4 is 10.6 Å². The van der Waals surface area contributed by atoms with Gasteiger partial charge < -0.3 is 20.6 Å². The molecule has 3 N–H and O–H groups in total. The maximum atomic E-state index is 12.6. The molecule has 1 saturated carbocycles. The molecule has 0 aromatic heterocycles. The Hall–Kier alpha value is -1.79. The second-order valence-corrected chi connectivity index (χ2v) is 7.56. The van der Waals surface area contributed by atoms with E-state index in [0.717, 1.165) is 32.1 Å². The normalized spacial score (nSPS) is 22.6. The summed E-state index contributed by atoms with van der Waals surface area (Å²) in [6.07, 6.45) is 3.89. The van der Waals surface area contributed by atoms with E-state index in [4.69, 9.17) is 5.11 Å². The van der Waals surface area contributed by atoms with Crippen molar-refractivity contribution < 1.29 is 19.5 Å². The lowest BCUT2D eigenvalue weighted by Gasteiger charge is -2.43. The van der Waals surface area contributed by atoms with Crippen LogP contribution in [-0.2, 0) is 9.59 Å². The van der Waals surface area contributed by atoms with Crippen LogP contribution in [0.4, 0.5) is 4.79 Å². The van der Waals surface area contributed by atoms with E-state index in [0.29, 0.717) is 25.6 Å². The molecule has 24 heavy (non-hydrogen) atoms. The Kier molecular flexibility index (Phi) is 6.07. The Bertz CT molecular complexity index is 488. The average molecular weight is 339 g/mol.